The van der Waals surface area contributed by atoms with Gasteiger partial charge >= 0.3 is 5.97 Å². The van der Waals surface area contributed by atoms with Crippen LogP contribution in [0.5, 0.6) is 0 Å². The lowest BCUT2D eigenvalue weighted by Crippen LogP contribution is -2.27. The third-order valence-corrected chi connectivity index (χ3v) is 2.51. The molecule has 1 rings (SSSR count). The van der Waals surface area contributed by atoms with Crippen LogP contribution in [0.25, 0.3) is 0 Å². The van der Waals surface area contributed by atoms with Crippen molar-refractivity contribution in [3.63, 3.8) is 0 Å². The van der Waals surface area contributed by atoms with Crippen molar-refractivity contribution >= 4 is 17.3 Å². The van der Waals surface area contributed by atoms with Gasteiger partial charge in [0.15, 0.2) is 11.6 Å². The maximum atomic E-state index is 13.7. The maximum absolute atomic E-state index is 13.7. The summed E-state index contributed by atoms with van der Waals surface area (Å²) in [5.41, 5.74) is -1.14. The summed E-state index contributed by atoms with van der Waals surface area (Å²) in [6.07, 6.45) is -0.288. The van der Waals surface area contributed by atoms with Crippen molar-refractivity contribution in [3.05, 3.63) is 33.9 Å². The van der Waals surface area contributed by atoms with Gasteiger partial charge in [0, 0.05) is 13.1 Å². The molecule has 0 aliphatic heterocycles. The minimum atomic E-state index is -1.10. The Balaban J connectivity index is 3.10. The zero-order valence-electron chi connectivity index (χ0n) is 10.1. The van der Waals surface area contributed by atoms with Crippen LogP contribution in [0.3, 0.4) is 0 Å². The van der Waals surface area contributed by atoms with Crippen molar-refractivity contribution in [2.45, 2.75) is 13.3 Å². The molecule has 0 heterocycles. The van der Waals surface area contributed by atoms with Gasteiger partial charge in [-0.25, -0.2) is 8.78 Å². The Morgan fingerprint density at radius 1 is 1.42 bits per heavy atom. The Kier molecular flexibility index (Phi) is 4.74. The van der Waals surface area contributed by atoms with Crippen LogP contribution in [0.4, 0.5) is 20.2 Å². The van der Waals surface area contributed by atoms with Gasteiger partial charge in [0.2, 0.25) is 0 Å². The molecule has 0 amide bonds. The third kappa shape index (κ3) is 3.60. The highest BCUT2D eigenvalue weighted by molar-refractivity contribution is 5.68. The van der Waals surface area contributed by atoms with E-state index in [0.29, 0.717) is 12.1 Å². The first kappa shape index (κ1) is 14.8. The molecule has 0 radical (unpaired) electrons. The molecule has 0 aliphatic carbocycles. The fourth-order valence-corrected chi connectivity index (χ4v) is 1.62. The largest absolute Gasteiger partial charge is 0.481 e. The van der Waals surface area contributed by atoms with Gasteiger partial charge in [-0.3, -0.25) is 14.9 Å². The monoisotopic (exact) mass is 274 g/mol. The van der Waals surface area contributed by atoms with Crippen LogP contribution in [-0.4, -0.2) is 29.1 Å². The van der Waals surface area contributed by atoms with Gasteiger partial charge in [-0.1, -0.05) is 0 Å². The highest BCUT2D eigenvalue weighted by Gasteiger charge is 2.21. The summed E-state index contributed by atoms with van der Waals surface area (Å²) in [5.74, 6) is -3.26. The number of carboxylic acids is 1. The quantitative estimate of drug-likeness (QED) is 0.635. The van der Waals surface area contributed by atoms with E-state index in [-0.39, 0.29) is 19.5 Å². The number of carbonyl (C=O) groups is 1. The number of hydrogen-bond acceptors (Lipinski definition) is 4. The van der Waals surface area contributed by atoms with Crippen molar-refractivity contribution in [2.24, 2.45) is 0 Å². The van der Waals surface area contributed by atoms with E-state index in [0.717, 1.165) is 0 Å². The molecule has 1 aromatic rings. The van der Waals surface area contributed by atoms with E-state index in [1.807, 2.05) is 0 Å². The summed E-state index contributed by atoms with van der Waals surface area (Å²) in [6.45, 7) is 1.69. The highest BCUT2D eigenvalue weighted by atomic mass is 19.1. The van der Waals surface area contributed by atoms with Crippen molar-refractivity contribution in [3.8, 4) is 0 Å². The number of benzene rings is 1. The van der Waals surface area contributed by atoms with Crippen LogP contribution >= 0.6 is 0 Å². The number of anilines is 1. The number of nitro benzene ring substituents is 1. The van der Waals surface area contributed by atoms with E-state index in [2.05, 4.69) is 0 Å². The molecule has 8 heteroatoms. The van der Waals surface area contributed by atoms with Gasteiger partial charge in [-0.2, -0.15) is 0 Å². The summed E-state index contributed by atoms with van der Waals surface area (Å²) in [5, 5.41) is 19.0. The van der Waals surface area contributed by atoms with E-state index in [1.165, 1.54) is 4.90 Å². The first-order valence-electron chi connectivity index (χ1n) is 5.47. The Morgan fingerprint density at radius 2 is 1.95 bits per heavy atom. The van der Waals surface area contributed by atoms with E-state index in [9.17, 15) is 23.7 Å². The Labute approximate surface area is 107 Å². The first-order valence-corrected chi connectivity index (χ1v) is 5.47. The van der Waals surface area contributed by atoms with Crippen LogP contribution in [0.15, 0.2) is 12.1 Å². The summed E-state index contributed by atoms with van der Waals surface area (Å²) in [7, 11) is 0. The summed E-state index contributed by atoms with van der Waals surface area (Å²) < 4.78 is 27.4. The summed E-state index contributed by atoms with van der Waals surface area (Å²) in [4.78, 5) is 21.2. The minimum Gasteiger partial charge on any atom is -0.481 e. The normalized spacial score (nSPS) is 10.3. The molecule has 6 nitrogen and oxygen atoms in total. The Hall–Kier alpha value is -2.25. The van der Waals surface area contributed by atoms with Crippen molar-refractivity contribution in [2.75, 3.05) is 18.0 Å². The maximum Gasteiger partial charge on any atom is 0.305 e. The fourth-order valence-electron chi connectivity index (χ4n) is 1.62. The molecule has 0 bridgehead atoms. The van der Waals surface area contributed by atoms with Crippen LogP contribution in [0.1, 0.15) is 13.3 Å². The van der Waals surface area contributed by atoms with Crippen LogP contribution in [0.2, 0.25) is 0 Å². The topological polar surface area (TPSA) is 83.7 Å². The van der Waals surface area contributed by atoms with Gasteiger partial charge in [-0.15, -0.1) is 0 Å². The second-order valence-corrected chi connectivity index (χ2v) is 3.74. The van der Waals surface area contributed by atoms with E-state index in [1.54, 1.807) is 6.92 Å². The lowest BCUT2D eigenvalue weighted by atomic mass is 10.2. The number of rotatable bonds is 6. The average molecular weight is 274 g/mol. The van der Waals surface area contributed by atoms with Crippen LogP contribution in [0, 0.1) is 21.7 Å². The number of halogens is 2. The molecule has 0 aliphatic rings. The second-order valence-electron chi connectivity index (χ2n) is 3.74. The number of nitro groups is 1. The smallest absolute Gasteiger partial charge is 0.305 e. The molecule has 104 valence electrons. The minimum absolute atomic E-state index is 0.0858. The van der Waals surface area contributed by atoms with Gasteiger partial charge in [0.05, 0.1) is 23.5 Å². The molecule has 0 unspecified atom stereocenters. The van der Waals surface area contributed by atoms with Gasteiger partial charge in [0.1, 0.15) is 5.69 Å². The predicted octanol–water partition coefficient (Wildman–Crippen LogP) is 2.17. The predicted molar refractivity (Wildman–Crippen MR) is 63.2 cm³/mol. The summed E-state index contributed by atoms with van der Waals surface area (Å²) >= 11 is 0. The molecule has 0 spiro atoms. The molecule has 1 aromatic carbocycles. The molecular weight excluding hydrogens is 262 g/mol. The standard InChI is InChI=1S/C11H12F2N2O4/c1-2-14(4-3-10(16)17)11-8(12)5-7(15(18)19)6-9(11)13/h5-6H,2-4H2,1H3,(H,16,17). The number of hydrogen-bond donors (Lipinski definition) is 1. The number of carboxylic acid groups (broad SMARTS) is 1. The van der Waals surface area contributed by atoms with Crippen LogP contribution in [-0.2, 0) is 4.79 Å². The fraction of sp³-hybridized carbons (Fsp3) is 0.364. The van der Waals surface area contributed by atoms with Crippen molar-refractivity contribution in [1.29, 1.82) is 0 Å². The van der Waals surface area contributed by atoms with Crippen molar-refractivity contribution < 1.29 is 23.6 Å². The molecule has 19 heavy (non-hydrogen) atoms. The number of non-ortho nitro benzene ring substituents is 1. The van der Waals surface area contributed by atoms with E-state index in [4.69, 9.17) is 5.11 Å². The molecule has 0 fully saturated rings. The highest BCUT2D eigenvalue weighted by Crippen LogP contribution is 2.28. The molecule has 0 aromatic heterocycles. The molecule has 0 atom stereocenters. The van der Waals surface area contributed by atoms with Crippen molar-refractivity contribution in [1.82, 2.24) is 0 Å². The lowest BCUT2D eigenvalue weighted by Gasteiger charge is -2.23. The van der Waals surface area contributed by atoms with Gasteiger partial charge in [0.25, 0.3) is 5.69 Å². The van der Waals surface area contributed by atoms with Gasteiger partial charge < -0.3 is 10.0 Å². The molecule has 1 N–H and O–H groups in total. The summed E-state index contributed by atoms with van der Waals surface area (Å²) in [6, 6.07) is 1.23. The number of nitrogens with zero attached hydrogens (tertiary/aromatic N) is 2. The first-order chi connectivity index (χ1) is 8.86. The lowest BCUT2D eigenvalue weighted by molar-refractivity contribution is -0.385. The Morgan fingerprint density at radius 3 is 2.32 bits per heavy atom. The molecule has 0 saturated heterocycles. The van der Waals surface area contributed by atoms with E-state index >= 15 is 0 Å². The number of aliphatic carboxylic acids is 1. The Bertz CT molecular complexity index is 484. The van der Waals surface area contributed by atoms with Crippen LogP contribution < -0.4 is 4.90 Å². The van der Waals surface area contributed by atoms with E-state index < -0.39 is 33.9 Å². The SMILES string of the molecule is CCN(CCC(=O)O)c1c(F)cc([N+](=O)[O-])cc1F. The molecule has 0 saturated carbocycles. The average Bonchev–Trinajstić information content (AvgIpc) is 2.31. The third-order valence-electron chi connectivity index (χ3n) is 2.51. The zero-order chi connectivity index (χ0) is 14.6. The molecular formula is C11H12F2N2O4. The second kappa shape index (κ2) is 6.07. The zero-order valence-corrected chi connectivity index (χ0v) is 10.1. The van der Waals surface area contributed by atoms with Gasteiger partial charge in [-0.05, 0) is 6.92 Å².